The van der Waals surface area contributed by atoms with Crippen LogP contribution in [-0.4, -0.2) is 43.6 Å². The van der Waals surface area contributed by atoms with Crippen LogP contribution in [0, 0.1) is 5.92 Å². The van der Waals surface area contributed by atoms with E-state index in [1.54, 1.807) is 0 Å². The van der Waals surface area contributed by atoms with Crippen molar-refractivity contribution >= 4 is 11.6 Å². The maximum absolute atomic E-state index is 5.89. The van der Waals surface area contributed by atoms with Gasteiger partial charge in [-0.05, 0) is 26.3 Å². The van der Waals surface area contributed by atoms with Crippen LogP contribution in [0.4, 0.5) is 0 Å². The molecule has 0 bridgehead atoms. The lowest BCUT2D eigenvalue weighted by Gasteiger charge is -2.20. The molecule has 0 aromatic heterocycles. The zero-order chi connectivity index (χ0) is 8.97. The van der Waals surface area contributed by atoms with E-state index in [1.807, 2.05) is 6.92 Å². The quantitative estimate of drug-likeness (QED) is 0.626. The molecular weight excluding hydrogens is 174 g/mol. The second-order valence-electron chi connectivity index (χ2n) is 3.73. The standard InChI is InChI=1S/C9H18ClNO/c1-8(10)5-11(2)6-9-3-4-12-7-9/h8-9H,3-7H2,1-2H3. The largest absolute Gasteiger partial charge is 0.381 e. The second kappa shape index (κ2) is 5.05. The van der Waals surface area contributed by atoms with Crippen molar-refractivity contribution in [3.63, 3.8) is 0 Å². The smallest absolute Gasteiger partial charge is 0.0507 e. The summed E-state index contributed by atoms with van der Waals surface area (Å²) in [5.74, 6) is 0.727. The van der Waals surface area contributed by atoms with Crippen molar-refractivity contribution in [1.82, 2.24) is 4.90 Å². The number of halogens is 1. The molecule has 2 nitrogen and oxygen atoms in total. The van der Waals surface area contributed by atoms with E-state index in [0.29, 0.717) is 0 Å². The highest BCUT2D eigenvalue weighted by molar-refractivity contribution is 6.20. The Hall–Kier alpha value is 0.210. The maximum Gasteiger partial charge on any atom is 0.0507 e. The molecule has 1 fully saturated rings. The van der Waals surface area contributed by atoms with Crippen molar-refractivity contribution in [3.8, 4) is 0 Å². The molecular formula is C9H18ClNO. The van der Waals surface area contributed by atoms with Crippen LogP contribution >= 0.6 is 11.6 Å². The number of rotatable bonds is 4. The fraction of sp³-hybridized carbons (Fsp3) is 1.00. The van der Waals surface area contributed by atoms with Gasteiger partial charge in [0.2, 0.25) is 0 Å². The molecule has 1 aliphatic heterocycles. The van der Waals surface area contributed by atoms with Gasteiger partial charge in [0.05, 0.1) is 6.61 Å². The van der Waals surface area contributed by atoms with Crippen molar-refractivity contribution in [1.29, 1.82) is 0 Å². The average Bonchev–Trinajstić information content (AvgIpc) is 2.37. The number of ether oxygens (including phenoxy) is 1. The van der Waals surface area contributed by atoms with Crippen LogP contribution in [0.15, 0.2) is 0 Å². The zero-order valence-electron chi connectivity index (χ0n) is 7.92. The average molecular weight is 192 g/mol. The van der Waals surface area contributed by atoms with Crippen LogP contribution < -0.4 is 0 Å². The van der Waals surface area contributed by atoms with E-state index in [1.165, 1.54) is 6.42 Å². The molecule has 0 spiro atoms. The Labute approximate surface area is 79.8 Å². The lowest BCUT2D eigenvalue weighted by Crippen LogP contribution is -2.30. The van der Waals surface area contributed by atoms with E-state index in [4.69, 9.17) is 16.3 Å². The van der Waals surface area contributed by atoms with Crippen LogP contribution in [-0.2, 0) is 4.74 Å². The van der Waals surface area contributed by atoms with Gasteiger partial charge < -0.3 is 9.64 Å². The van der Waals surface area contributed by atoms with E-state index in [-0.39, 0.29) is 5.38 Å². The third-order valence-corrected chi connectivity index (χ3v) is 2.30. The SMILES string of the molecule is CC(Cl)CN(C)CC1CCOC1. The van der Waals surface area contributed by atoms with Crippen molar-refractivity contribution in [2.75, 3.05) is 33.4 Å². The summed E-state index contributed by atoms with van der Waals surface area (Å²) in [6, 6.07) is 0. The first-order valence-corrected chi connectivity index (χ1v) is 5.02. The lowest BCUT2D eigenvalue weighted by atomic mass is 10.1. The Morgan fingerprint density at radius 2 is 2.42 bits per heavy atom. The minimum absolute atomic E-state index is 0.248. The van der Waals surface area contributed by atoms with Gasteiger partial charge in [-0.15, -0.1) is 11.6 Å². The summed E-state index contributed by atoms with van der Waals surface area (Å²) in [6.45, 7) is 5.99. The van der Waals surface area contributed by atoms with E-state index in [0.717, 1.165) is 32.2 Å². The summed E-state index contributed by atoms with van der Waals surface area (Å²) in [6.07, 6.45) is 1.21. The molecule has 1 aliphatic rings. The molecule has 2 unspecified atom stereocenters. The zero-order valence-corrected chi connectivity index (χ0v) is 8.68. The van der Waals surface area contributed by atoms with E-state index in [2.05, 4.69) is 11.9 Å². The minimum atomic E-state index is 0.248. The van der Waals surface area contributed by atoms with Crippen LogP contribution in [0.3, 0.4) is 0 Å². The number of hydrogen-bond acceptors (Lipinski definition) is 2. The topological polar surface area (TPSA) is 12.5 Å². The van der Waals surface area contributed by atoms with Crippen molar-refractivity contribution in [2.24, 2.45) is 5.92 Å². The predicted molar refractivity (Wildman–Crippen MR) is 51.7 cm³/mol. The Balaban J connectivity index is 2.11. The van der Waals surface area contributed by atoms with Crippen molar-refractivity contribution < 1.29 is 4.74 Å². The predicted octanol–water partition coefficient (Wildman–Crippen LogP) is 1.58. The second-order valence-corrected chi connectivity index (χ2v) is 4.48. The van der Waals surface area contributed by atoms with Crippen LogP contribution in [0.1, 0.15) is 13.3 Å². The highest BCUT2D eigenvalue weighted by atomic mass is 35.5. The van der Waals surface area contributed by atoms with Crippen molar-refractivity contribution in [3.05, 3.63) is 0 Å². The van der Waals surface area contributed by atoms with Crippen LogP contribution in [0.5, 0.6) is 0 Å². The lowest BCUT2D eigenvalue weighted by molar-refractivity contribution is 0.174. The molecule has 0 amide bonds. The van der Waals surface area contributed by atoms with Gasteiger partial charge in [0, 0.05) is 25.1 Å². The Bertz CT molecular complexity index is 124. The molecule has 0 aromatic rings. The van der Waals surface area contributed by atoms with Gasteiger partial charge in [-0.2, -0.15) is 0 Å². The van der Waals surface area contributed by atoms with Crippen LogP contribution in [0.2, 0.25) is 0 Å². The highest BCUT2D eigenvalue weighted by Gasteiger charge is 2.17. The van der Waals surface area contributed by atoms with Crippen LogP contribution in [0.25, 0.3) is 0 Å². The van der Waals surface area contributed by atoms with Gasteiger partial charge in [-0.25, -0.2) is 0 Å². The van der Waals surface area contributed by atoms with Gasteiger partial charge >= 0.3 is 0 Å². The number of nitrogens with zero attached hydrogens (tertiary/aromatic N) is 1. The third-order valence-electron chi connectivity index (χ3n) is 2.16. The fourth-order valence-electron chi connectivity index (χ4n) is 1.67. The summed E-state index contributed by atoms with van der Waals surface area (Å²) in [5, 5.41) is 0.248. The Morgan fingerprint density at radius 3 is 2.92 bits per heavy atom. The summed E-state index contributed by atoms with van der Waals surface area (Å²) in [7, 11) is 2.12. The van der Waals surface area contributed by atoms with Gasteiger partial charge in [0.15, 0.2) is 0 Å². The first kappa shape index (κ1) is 10.3. The molecule has 0 aromatic carbocycles. The molecule has 1 rings (SSSR count). The number of hydrogen-bond donors (Lipinski definition) is 0. The molecule has 0 radical (unpaired) electrons. The van der Waals surface area contributed by atoms with Gasteiger partial charge in [0.25, 0.3) is 0 Å². The van der Waals surface area contributed by atoms with Gasteiger partial charge in [0.1, 0.15) is 0 Å². The third kappa shape index (κ3) is 3.74. The van der Waals surface area contributed by atoms with Gasteiger partial charge in [-0.1, -0.05) is 0 Å². The first-order valence-electron chi connectivity index (χ1n) is 4.59. The molecule has 2 atom stereocenters. The highest BCUT2D eigenvalue weighted by Crippen LogP contribution is 2.13. The van der Waals surface area contributed by atoms with Gasteiger partial charge in [-0.3, -0.25) is 0 Å². The van der Waals surface area contributed by atoms with E-state index < -0.39 is 0 Å². The molecule has 12 heavy (non-hydrogen) atoms. The maximum atomic E-state index is 5.89. The van der Waals surface area contributed by atoms with E-state index in [9.17, 15) is 0 Å². The molecule has 1 saturated heterocycles. The summed E-state index contributed by atoms with van der Waals surface area (Å²) in [5.41, 5.74) is 0. The molecule has 1 heterocycles. The summed E-state index contributed by atoms with van der Waals surface area (Å²) in [4.78, 5) is 2.29. The summed E-state index contributed by atoms with van der Waals surface area (Å²) < 4.78 is 5.30. The molecule has 72 valence electrons. The minimum Gasteiger partial charge on any atom is -0.381 e. The number of alkyl halides is 1. The molecule has 3 heteroatoms. The fourth-order valence-corrected chi connectivity index (χ4v) is 1.91. The molecule has 0 aliphatic carbocycles. The monoisotopic (exact) mass is 191 g/mol. The Kier molecular flexibility index (Phi) is 4.33. The molecule has 0 N–H and O–H groups in total. The summed E-state index contributed by atoms with van der Waals surface area (Å²) >= 11 is 5.89. The Morgan fingerprint density at radius 1 is 1.67 bits per heavy atom. The normalized spacial score (nSPS) is 26.5. The van der Waals surface area contributed by atoms with Crippen molar-refractivity contribution in [2.45, 2.75) is 18.7 Å². The molecule has 0 saturated carbocycles. The van der Waals surface area contributed by atoms with E-state index >= 15 is 0 Å². The first-order chi connectivity index (χ1) is 5.68.